The highest BCUT2D eigenvalue weighted by Gasteiger charge is 2.23. The van der Waals surface area contributed by atoms with Crippen molar-refractivity contribution in [3.8, 4) is 0 Å². The molecule has 0 aliphatic heterocycles. The maximum absolute atomic E-state index is 12.6. The summed E-state index contributed by atoms with van der Waals surface area (Å²) in [5, 5.41) is 1.56. The van der Waals surface area contributed by atoms with E-state index in [1.807, 2.05) is 6.07 Å². The Balaban J connectivity index is 1.66. The lowest BCUT2D eigenvalue weighted by atomic mass is 9.89. The van der Waals surface area contributed by atoms with Gasteiger partial charge < -0.3 is 4.98 Å². The molecular weight excluding hydrogens is 336 g/mol. The van der Waals surface area contributed by atoms with Crippen LogP contribution in [0.2, 0.25) is 0 Å². The molecule has 3 aromatic rings. The molecule has 0 radical (unpaired) electrons. The second kappa shape index (κ2) is 6.37. The van der Waals surface area contributed by atoms with E-state index in [-0.39, 0.29) is 5.56 Å². The van der Waals surface area contributed by atoms with E-state index in [2.05, 4.69) is 37.0 Å². The third-order valence-electron chi connectivity index (χ3n) is 4.77. The summed E-state index contributed by atoms with van der Waals surface area (Å²) < 4.78 is 0. The number of aryl methyl sites for hydroxylation is 2. The zero-order chi connectivity index (χ0) is 16.7. The molecule has 1 aliphatic carbocycles. The van der Waals surface area contributed by atoms with Gasteiger partial charge in [-0.2, -0.15) is 0 Å². The predicted molar refractivity (Wildman–Crippen MR) is 102 cm³/mol. The monoisotopic (exact) mass is 356 g/mol. The predicted octanol–water partition coefficient (Wildman–Crippen LogP) is 4.71. The van der Waals surface area contributed by atoms with Crippen molar-refractivity contribution in [2.75, 3.05) is 0 Å². The number of hydrogen-bond acceptors (Lipinski definition) is 4. The van der Waals surface area contributed by atoms with Crippen LogP contribution in [0.4, 0.5) is 0 Å². The van der Waals surface area contributed by atoms with Gasteiger partial charge in [0.1, 0.15) is 4.83 Å². The van der Waals surface area contributed by atoms with E-state index in [1.54, 1.807) is 23.1 Å². The molecule has 0 saturated heterocycles. The molecule has 0 saturated carbocycles. The standard InChI is InChI=1S/C19H20N2OS2/c1-11-7-8-14-15(9-11)24-18-16(14)17(22)20-19(21-18)23-10-13-6-4-3-5-12(13)2/h3-6,11H,7-10H2,1-2H3,(H,20,21,22)/t11-/m0/s1. The van der Waals surface area contributed by atoms with Crippen molar-refractivity contribution in [1.82, 2.24) is 9.97 Å². The molecular formula is C19H20N2OS2. The Morgan fingerprint density at radius 2 is 2.21 bits per heavy atom. The number of benzene rings is 1. The number of nitrogens with one attached hydrogen (secondary N) is 1. The maximum Gasteiger partial charge on any atom is 0.260 e. The summed E-state index contributed by atoms with van der Waals surface area (Å²) in [5.74, 6) is 1.53. The molecule has 0 fully saturated rings. The summed E-state index contributed by atoms with van der Waals surface area (Å²) >= 11 is 3.32. The Bertz CT molecular complexity index is 958. The fraction of sp³-hybridized carbons (Fsp3) is 0.368. The molecule has 124 valence electrons. The molecule has 2 aromatic heterocycles. The molecule has 1 aliphatic rings. The first-order valence-electron chi connectivity index (χ1n) is 8.33. The van der Waals surface area contributed by atoms with Gasteiger partial charge in [-0.05, 0) is 48.8 Å². The Hall–Kier alpha value is -1.59. The Morgan fingerprint density at radius 1 is 1.38 bits per heavy atom. The minimum Gasteiger partial charge on any atom is -0.301 e. The minimum atomic E-state index is 0.0272. The van der Waals surface area contributed by atoms with Crippen LogP contribution in [0.5, 0.6) is 0 Å². The van der Waals surface area contributed by atoms with Gasteiger partial charge in [-0.3, -0.25) is 4.79 Å². The highest BCUT2D eigenvalue weighted by molar-refractivity contribution is 7.98. The van der Waals surface area contributed by atoms with E-state index in [9.17, 15) is 4.79 Å². The number of thioether (sulfide) groups is 1. The van der Waals surface area contributed by atoms with Crippen LogP contribution in [0.3, 0.4) is 0 Å². The molecule has 1 atom stereocenters. The highest BCUT2D eigenvalue weighted by atomic mass is 32.2. The van der Waals surface area contributed by atoms with E-state index in [1.165, 1.54) is 28.0 Å². The average molecular weight is 357 g/mol. The van der Waals surface area contributed by atoms with Crippen molar-refractivity contribution < 1.29 is 0 Å². The van der Waals surface area contributed by atoms with Crippen molar-refractivity contribution in [3.63, 3.8) is 0 Å². The molecule has 2 heterocycles. The molecule has 4 rings (SSSR count). The first-order chi connectivity index (χ1) is 11.6. The minimum absolute atomic E-state index is 0.0272. The zero-order valence-electron chi connectivity index (χ0n) is 13.9. The summed E-state index contributed by atoms with van der Waals surface area (Å²) in [7, 11) is 0. The van der Waals surface area contributed by atoms with Crippen LogP contribution >= 0.6 is 23.1 Å². The van der Waals surface area contributed by atoms with Crippen molar-refractivity contribution >= 4 is 33.3 Å². The van der Waals surface area contributed by atoms with Gasteiger partial charge in [-0.15, -0.1) is 11.3 Å². The molecule has 0 unspecified atom stereocenters. The Morgan fingerprint density at radius 3 is 3.04 bits per heavy atom. The summed E-state index contributed by atoms with van der Waals surface area (Å²) in [4.78, 5) is 22.6. The number of aromatic nitrogens is 2. The topological polar surface area (TPSA) is 45.8 Å². The second-order valence-corrected chi connectivity index (χ2v) is 8.67. The summed E-state index contributed by atoms with van der Waals surface area (Å²) in [6.07, 6.45) is 3.26. The summed E-state index contributed by atoms with van der Waals surface area (Å²) in [6.45, 7) is 4.40. The van der Waals surface area contributed by atoms with Crippen molar-refractivity contribution in [3.05, 3.63) is 56.2 Å². The zero-order valence-corrected chi connectivity index (χ0v) is 15.5. The number of aromatic amines is 1. The first kappa shape index (κ1) is 15.9. The summed E-state index contributed by atoms with van der Waals surface area (Å²) in [6, 6.07) is 8.34. The first-order valence-corrected chi connectivity index (χ1v) is 10.1. The molecule has 5 heteroatoms. The second-order valence-electron chi connectivity index (χ2n) is 6.62. The molecule has 0 amide bonds. The number of rotatable bonds is 3. The number of H-pyrrole nitrogens is 1. The van der Waals surface area contributed by atoms with Crippen LogP contribution in [0.25, 0.3) is 10.2 Å². The van der Waals surface area contributed by atoms with Gasteiger partial charge in [0.2, 0.25) is 0 Å². The summed E-state index contributed by atoms with van der Waals surface area (Å²) in [5.41, 5.74) is 3.83. The number of fused-ring (bicyclic) bond motifs is 3. The van der Waals surface area contributed by atoms with Gasteiger partial charge in [0.05, 0.1) is 5.39 Å². The van der Waals surface area contributed by atoms with Gasteiger partial charge in [0.25, 0.3) is 5.56 Å². The van der Waals surface area contributed by atoms with Crippen molar-refractivity contribution in [1.29, 1.82) is 0 Å². The highest BCUT2D eigenvalue weighted by Crippen LogP contribution is 2.36. The van der Waals surface area contributed by atoms with Crippen LogP contribution in [0.1, 0.15) is 34.9 Å². The molecule has 1 N–H and O–H groups in total. The van der Waals surface area contributed by atoms with Gasteiger partial charge in [0, 0.05) is 10.6 Å². The number of thiophene rings is 1. The van der Waals surface area contributed by atoms with Gasteiger partial charge >= 0.3 is 0 Å². The molecule has 1 aromatic carbocycles. The lowest BCUT2D eigenvalue weighted by Crippen LogP contribution is -2.13. The lowest BCUT2D eigenvalue weighted by molar-refractivity contribution is 0.509. The van der Waals surface area contributed by atoms with Gasteiger partial charge in [-0.1, -0.05) is 43.0 Å². The van der Waals surface area contributed by atoms with Crippen LogP contribution < -0.4 is 5.56 Å². The van der Waals surface area contributed by atoms with Crippen LogP contribution in [0, 0.1) is 12.8 Å². The van der Waals surface area contributed by atoms with Crippen LogP contribution in [-0.2, 0) is 18.6 Å². The molecule has 0 bridgehead atoms. The van der Waals surface area contributed by atoms with Gasteiger partial charge in [0.15, 0.2) is 5.16 Å². The fourth-order valence-corrected chi connectivity index (χ4v) is 5.69. The van der Waals surface area contributed by atoms with Crippen LogP contribution in [-0.4, -0.2) is 9.97 Å². The smallest absolute Gasteiger partial charge is 0.260 e. The Kier molecular flexibility index (Phi) is 4.22. The Labute approximate surface area is 149 Å². The largest absolute Gasteiger partial charge is 0.301 e. The van der Waals surface area contributed by atoms with Crippen molar-refractivity contribution in [2.24, 2.45) is 5.92 Å². The number of hydrogen-bond donors (Lipinski definition) is 1. The quantitative estimate of drug-likeness (QED) is 0.546. The van der Waals surface area contributed by atoms with E-state index in [4.69, 9.17) is 4.98 Å². The van der Waals surface area contributed by atoms with E-state index < -0.39 is 0 Å². The maximum atomic E-state index is 12.6. The molecule has 3 nitrogen and oxygen atoms in total. The fourth-order valence-electron chi connectivity index (χ4n) is 3.32. The average Bonchev–Trinajstić information content (AvgIpc) is 2.91. The molecule has 0 spiro atoms. The van der Waals surface area contributed by atoms with Gasteiger partial charge in [-0.25, -0.2) is 4.98 Å². The SMILES string of the molecule is Cc1ccccc1CSc1nc2sc3c(c2c(=O)[nH]1)CC[C@H](C)C3. The van der Waals surface area contributed by atoms with E-state index in [0.717, 1.165) is 34.0 Å². The number of nitrogens with zero attached hydrogens (tertiary/aromatic N) is 1. The normalized spacial score (nSPS) is 17.2. The third kappa shape index (κ3) is 2.91. The lowest BCUT2D eigenvalue weighted by Gasteiger charge is -2.17. The van der Waals surface area contributed by atoms with E-state index in [0.29, 0.717) is 5.92 Å². The third-order valence-corrected chi connectivity index (χ3v) is 6.84. The molecule has 24 heavy (non-hydrogen) atoms. The van der Waals surface area contributed by atoms with Crippen molar-refractivity contribution in [2.45, 2.75) is 44.0 Å². The van der Waals surface area contributed by atoms with Crippen LogP contribution in [0.15, 0.2) is 34.2 Å². The van der Waals surface area contributed by atoms with E-state index >= 15 is 0 Å².